The molecule has 1 N–H and O–H groups in total. The first-order valence-electron chi connectivity index (χ1n) is 16.7. The molecule has 1 atom stereocenters. The zero-order chi connectivity index (χ0) is 28.7. The van der Waals surface area contributed by atoms with E-state index in [4.69, 9.17) is 9.47 Å². The van der Waals surface area contributed by atoms with Crippen molar-refractivity contribution in [2.24, 2.45) is 0 Å². The third-order valence-electron chi connectivity index (χ3n) is 7.31. The Balaban J connectivity index is 3.58. The average molecular weight is 553 g/mol. The molecule has 39 heavy (non-hydrogen) atoms. The third kappa shape index (κ3) is 29.4. The number of rotatable bonds is 30. The highest BCUT2D eigenvalue weighted by atomic mass is 16.6. The standard InChI is InChI=1S/C34H64O5/c1-3-5-7-9-11-13-15-17-19-21-23-25-27-29-34(37)39-32(30-35)31-38-33(36)28-26-24-22-20-18-16-14-12-10-8-6-4-2/h13,15,32,35H,3-12,14,16-31H2,1-2H3/b15-13-/t32-/m0/s1. The second kappa shape index (κ2) is 31.2. The first-order valence-corrected chi connectivity index (χ1v) is 16.7. The van der Waals surface area contributed by atoms with E-state index in [0.717, 1.165) is 44.9 Å². The predicted octanol–water partition coefficient (Wildman–Crippen LogP) is 9.78. The molecule has 0 aliphatic carbocycles. The van der Waals surface area contributed by atoms with E-state index in [-0.39, 0.29) is 25.2 Å². The van der Waals surface area contributed by atoms with Crippen molar-refractivity contribution >= 4 is 11.9 Å². The molecule has 5 heteroatoms. The first-order chi connectivity index (χ1) is 19.1. The minimum atomic E-state index is -0.766. The summed E-state index contributed by atoms with van der Waals surface area (Å²) in [5, 5.41) is 9.49. The summed E-state index contributed by atoms with van der Waals surface area (Å²) in [6.45, 7) is 4.10. The third-order valence-corrected chi connectivity index (χ3v) is 7.31. The normalized spacial score (nSPS) is 12.2. The highest BCUT2D eigenvalue weighted by Crippen LogP contribution is 2.13. The molecule has 0 fully saturated rings. The predicted molar refractivity (Wildman–Crippen MR) is 164 cm³/mol. The monoisotopic (exact) mass is 552 g/mol. The zero-order valence-corrected chi connectivity index (χ0v) is 25.9. The molecule has 0 rings (SSSR count). The van der Waals surface area contributed by atoms with Gasteiger partial charge < -0.3 is 14.6 Å². The Morgan fingerprint density at radius 3 is 1.41 bits per heavy atom. The molecule has 0 radical (unpaired) electrons. The second-order valence-electron chi connectivity index (χ2n) is 11.2. The summed E-state index contributed by atoms with van der Waals surface area (Å²) in [5.41, 5.74) is 0. The topological polar surface area (TPSA) is 72.8 Å². The number of carbonyl (C=O) groups excluding carboxylic acids is 2. The number of aliphatic hydroxyl groups excluding tert-OH is 1. The van der Waals surface area contributed by atoms with Gasteiger partial charge in [0.15, 0.2) is 6.10 Å². The summed E-state index contributed by atoms with van der Waals surface area (Å²) in [6, 6.07) is 0. The molecule has 230 valence electrons. The van der Waals surface area contributed by atoms with E-state index in [0.29, 0.717) is 12.8 Å². The lowest BCUT2D eigenvalue weighted by Gasteiger charge is -2.15. The second-order valence-corrected chi connectivity index (χ2v) is 11.2. The number of ether oxygens (including phenoxy) is 2. The summed E-state index contributed by atoms with van der Waals surface area (Å²) < 4.78 is 10.5. The van der Waals surface area contributed by atoms with Crippen molar-refractivity contribution in [1.82, 2.24) is 0 Å². The van der Waals surface area contributed by atoms with Crippen LogP contribution in [0.1, 0.15) is 174 Å². The highest BCUT2D eigenvalue weighted by molar-refractivity contribution is 5.70. The summed E-state index contributed by atoms with van der Waals surface area (Å²) >= 11 is 0. The van der Waals surface area contributed by atoms with Crippen molar-refractivity contribution in [1.29, 1.82) is 0 Å². The Hall–Kier alpha value is -1.36. The van der Waals surface area contributed by atoms with E-state index in [1.54, 1.807) is 0 Å². The van der Waals surface area contributed by atoms with Gasteiger partial charge in [0.05, 0.1) is 6.61 Å². The van der Waals surface area contributed by atoms with Crippen molar-refractivity contribution in [3.63, 3.8) is 0 Å². The van der Waals surface area contributed by atoms with Gasteiger partial charge in [0.25, 0.3) is 0 Å². The molecule has 0 saturated carbocycles. The number of unbranched alkanes of at least 4 members (excludes halogenated alkanes) is 20. The van der Waals surface area contributed by atoms with Crippen LogP contribution in [0, 0.1) is 0 Å². The molecule has 0 heterocycles. The Morgan fingerprint density at radius 1 is 0.564 bits per heavy atom. The Kier molecular flexibility index (Phi) is 30.1. The van der Waals surface area contributed by atoms with Crippen LogP contribution >= 0.6 is 0 Å². The maximum atomic E-state index is 12.1. The van der Waals surface area contributed by atoms with Gasteiger partial charge in [0.1, 0.15) is 6.61 Å². The molecule has 0 aromatic carbocycles. The number of hydrogen-bond acceptors (Lipinski definition) is 5. The van der Waals surface area contributed by atoms with E-state index in [9.17, 15) is 14.7 Å². The first kappa shape index (κ1) is 37.6. The van der Waals surface area contributed by atoms with Crippen LogP contribution in [0.3, 0.4) is 0 Å². The van der Waals surface area contributed by atoms with Gasteiger partial charge in [-0.3, -0.25) is 9.59 Å². The molecule has 0 aliphatic heterocycles. The minimum absolute atomic E-state index is 0.0640. The lowest BCUT2D eigenvalue weighted by atomic mass is 10.0. The molecule has 0 bridgehead atoms. The van der Waals surface area contributed by atoms with E-state index in [1.165, 1.54) is 103 Å². The van der Waals surface area contributed by atoms with Crippen molar-refractivity contribution in [3.8, 4) is 0 Å². The lowest BCUT2D eigenvalue weighted by molar-refractivity contribution is -0.161. The molecule has 0 saturated heterocycles. The van der Waals surface area contributed by atoms with Crippen LogP contribution in [0.4, 0.5) is 0 Å². The van der Waals surface area contributed by atoms with Gasteiger partial charge in [-0.25, -0.2) is 0 Å². The Morgan fingerprint density at radius 2 is 0.949 bits per heavy atom. The van der Waals surface area contributed by atoms with E-state index in [1.807, 2.05) is 0 Å². The molecule has 0 unspecified atom stereocenters. The van der Waals surface area contributed by atoms with Crippen LogP contribution in [0.25, 0.3) is 0 Å². The van der Waals surface area contributed by atoms with Crippen LogP contribution in [-0.4, -0.2) is 36.4 Å². The molecule has 0 amide bonds. The number of allylic oxidation sites excluding steroid dienone is 2. The van der Waals surface area contributed by atoms with Crippen LogP contribution in [-0.2, 0) is 19.1 Å². The highest BCUT2D eigenvalue weighted by Gasteiger charge is 2.16. The summed E-state index contributed by atoms with van der Waals surface area (Å²) in [5.74, 6) is -0.597. The summed E-state index contributed by atoms with van der Waals surface area (Å²) in [6.07, 6.45) is 32.6. The number of carbonyl (C=O) groups is 2. The van der Waals surface area contributed by atoms with Gasteiger partial charge >= 0.3 is 11.9 Å². The fourth-order valence-corrected chi connectivity index (χ4v) is 4.72. The lowest BCUT2D eigenvalue weighted by Crippen LogP contribution is -2.28. The molecular weight excluding hydrogens is 488 g/mol. The maximum absolute atomic E-state index is 12.1. The average Bonchev–Trinajstić information content (AvgIpc) is 2.94. The van der Waals surface area contributed by atoms with E-state index < -0.39 is 6.10 Å². The molecule has 0 aliphatic rings. The largest absolute Gasteiger partial charge is 0.462 e. The van der Waals surface area contributed by atoms with Crippen molar-refractivity contribution in [2.45, 2.75) is 180 Å². The van der Waals surface area contributed by atoms with Crippen LogP contribution in [0.15, 0.2) is 12.2 Å². The van der Waals surface area contributed by atoms with Crippen LogP contribution < -0.4 is 0 Å². The number of hydrogen-bond donors (Lipinski definition) is 1. The van der Waals surface area contributed by atoms with Crippen molar-refractivity contribution in [3.05, 3.63) is 12.2 Å². The number of aliphatic hydroxyl groups is 1. The number of esters is 2. The van der Waals surface area contributed by atoms with Crippen molar-refractivity contribution < 1.29 is 24.2 Å². The minimum Gasteiger partial charge on any atom is -0.462 e. The van der Waals surface area contributed by atoms with E-state index in [2.05, 4.69) is 26.0 Å². The van der Waals surface area contributed by atoms with Crippen LogP contribution in [0.5, 0.6) is 0 Å². The van der Waals surface area contributed by atoms with Crippen LogP contribution in [0.2, 0.25) is 0 Å². The van der Waals surface area contributed by atoms with E-state index >= 15 is 0 Å². The van der Waals surface area contributed by atoms with Gasteiger partial charge in [-0.05, 0) is 38.5 Å². The SMILES string of the molecule is CCCCCC/C=C\CCCCCCCC(=O)O[C@@H](CO)COC(=O)CCCCCCCCCCCCCC. The van der Waals surface area contributed by atoms with Gasteiger partial charge in [-0.2, -0.15) is 0 Å². The van der Waals surface area contributed by atoms with Crippen molar-refractivity contribution in [2.75, 3.05) is 13.2 Å². The quantitative estimate of drug-likeness (QED) is 0.0545. The molecule has 0 aromatic heterocycles. The maximum Gasteiger partial charge on any atom is 0.306 e. The van der Waals surface area contributed by atoms with Gasteiger partial charge in [0, 0.05) is 12.8 Å². The molecule has 5 nitrogen and oxygen atoms in total. The Bertz CT molecular complexity index is 560. The molecule has 0 aromatic rings. The molecule has 0 spiro atoms. The Labute approximate surface area is 241 Å². The fraction of sp³-hybridized carbons (Fsp3) is 0.882. The van der Waals surface area contributed by atoms with Gasteiger partial charge in [0.2, 0.25) is 0 Å². The fourth-order valence-electron chi connectivity index (χ4n) is 4.72. The zero-order valence-electron chi connectivity index (χ0n) is 25.9. The van der Waals surface area contributed by atoms with Gasteiger partial charge in [-0.15, -0.1) is 0 Å². The summed E-state index contributed by atoms with van der Waals surface area (Å²) in [4.78, 5) is 24.1. The molecular formula is C34H64O5. The van der Waals surface area contributed by atoms with Gasteiger partial charge in [-0.1, -0.05) is 135 Å². The smallest absolute Gasteiger partial charge is 0.306 e. The summed E-state index contributed by atoms with van der Waals surface area (Å²) in [7, 11) is 0.